The summed E-state index contributed by atoms with van der Waals surface area (Å²) in [7, 11) is 0. The van der Waals surface area contributed by atoms with Crippen molar-refractivity contribution in [1.82, 2.24) is 25.5 Å². The first kappa shape index (κ1) is 16.5. The summed E-state index contributed by atoms with van der Waals surface area (Å²) in [6.45, 7) is 0.230. The van der Waals surface area contributed by atoms with Crippen LogP contribution >= 0.6 is 0 Å². The number of carbonyl (C=O) groups excluding carboxylic acids is 1. The number of nitrogens with zero attached hydrogens (tertiary/aromatic N) is 4. The quantitative estimate of drug-likeness (QED) is 0.715. The Kier molecular flexibility index (Phi) is 4.53. The highest BCUT2D eigenvalue weighted by Gasteiger charge is 2.22. The third-order valence-corrected chi connectivity index (χ3v) is 4.61. The second-order valence-electron chi connectivity index (χ2n) is 6.49. The highest BCUT2D eigenvalue weighted by atomic mass is 16.5. The van der Waals surface area contributed by atoms with Crippen molar-refractivity contribution in [2.75, 3.05) is 0 Å². The molecular weight excluding hydrogens is 336 g/mol. The van der Waals surface area contributed by atoms with Gasteiger partial charge < -0.3 is 20.0 Å². The van der Waals surface area contributed by atoms with Crippen LogP contribution in [-0.4, -0.2) is 32.1 Å². The largest absolute Gasteiger partial charge is 0.461 e. The van der Waals surface area contributed by atoms with Crippen molar-refractivity contribution in [2.45, 2.75) is 44.3 Å². The standard InChI is InChI=1S/C17H20N6O3/c18-11-3-5-13(6-4-11)23-10-14(20-22-23)17(24)19-9-12-8-16(26-21-12)15-2-1-7-25-15/h1-2,7-8,10-11,13H,3-6,9,18H2,(H,19,24). The molecule has 3 N–H and O–H groups in total. The molecule has 9 heteroatoms. The van der Waals surface area contributed by atoms with E-state index >= 15 is 0 Å². The summed E-state index contributed by atoms with van der Waals surface area (Å²) in [5, 5.41) is 14.8. The molecule has 0 saturated heterocycles. The number of carbonyl (C=O) groups is 1. The molecule has 0 spiro atoms. The van der Waals surface area contributed by atoms with E-state index in [1.54, 1.807) is 35.3 Å². The summed E-state index contributed by atoms with van der Waals surface area (Å²) in [5.74, 6) is 0.803. The van der Waals surface area contributed by atoms with E-state index in [9.17, 15) is 4.79 Å². The van der Waals surface area contributed by atoms with E-state index in [4.69, 9.17) is 14.7 Å². The number of rotatable bonds is 5. The van der Waals surface area contributed by atoms with Crippen molar-refractivity contribution < 1.29 is 13.7 Å². The lowest BCUT2D eigenvalue weighted by Crippen LogP contribution is -2.28. The number of aromatic nitrogens is 4. The summed E-state index contributed by atoms with van der Waals surface area (Å²) in [6, 6.07) is 5.80. The van der Waals surface area contributed by atoms with Crippen LogP contribution < -0.4 is 11.1 Å². The Labute approximate surface area is 149 Å². The second kappa shape index (κ2) is 7.12. The van der Waals surface area contributed by atoms with Crippen molar-refractivity contribution in [3.63, 3.8) is 0 Å². The molecule has 0 bridgehead atoms. The van der Waals surface area contributed by atoms with Crippen molar-refractivity contribution in [3.05, 3.63) is 42.0 Å². The lowest BCUT2D eigenvalue weighted by Gasteiger charge is -2.25. The van der Waals surface area contributed by atoms with Crippen molar-refractivity contribution in [1.29, 1.82) is 0 Å². The van der Waals surface area contributed by atoms with Gasteiger partial charge in [-0.1, -0.05) is 10.4 Å². The van der Waals surface area contributed by atoms with Gasteiger partial charge in [-0.3, -0.25) is 4.79 Å². The first-order valence-corrected chi connectivity index (χ1v) is 8.64. The van der Waals surface area contributed by atoms with Gasteiger partial charge in [0.1, 0.15) is 5.69 Å². The number of hydrogen-bond acceptors (Lipinski definition) is 7. The maximum absolute atomic E-state index is 12.3. The third-order valence-electron chi connectivity index (χ3n) is 4.61. The topological polar surface area (TPSA) is 125 Å². The lowest BCUT2D eigenvalue weighted by molar-refractivity contribution is 0.0945. The van der Waals surface area contributed by atoms with Crippen LogP contribution in [0.4, 0.5) is 0 Å². The third kappa shape index (κ3) is 3.52. The van der Waals surface area contributed by atoms with Gasteiger partial charge in [0.05, 0.1) is 25.0 Å². The summed E-state index contributed by atoms with van der Waals surface area (Å²) in [4.78, 5) is 12.3. The lowest BCUT2D eigenvalue weighted by atomic mass is 9.92. The van der Waals surface area contributed by atoms with E-state index in [1.165, 1.54) is 0 Å². The monoisotopic (exact) mass is 356 g/mol. The van der Waals surface area contributed by atoms with E-state index in [2.05, 4.69) is 20.8 Å². The Morgan fingerprint density at radius 2 is 2.15 bits per heavy atom. The summed E-state index contributed by atoms with van der Waals surface area (Å²) in [6.07, 6.45) is 7.10. The Balaban J connectivity index is 1.34. The predicted molar refractivity (Wildman–Crippen MR) is 90.9 cm³/mol. The molecule has 3 aromatic rings. The number of furan rings is 1. The molecule has 1 aliphatic rings. The predicted octanol–water partition coefficient (Wildman–Crippen LogP) is 1.90. The molecule has 1 fully saturated rings. The van der Waals surface area contributed by atoms with Gasteiger partial charge in [0, 0.05) is 12.1 Å². The Bertz CT molecular complexity index is 861. The molecule has 26 heavy (non-hydrogen) atoms. The van der Waals surface area contributed by atoms with E-state index in [-0.39, 0.29) is 30.2 Å². The van der Waals surface area contributed by atoms with Gasteiger partial charge in [0.15, 0.2) is 11.5 Å². The normalized spacial score (nSPS) is 20.2. The van der Waals surface area contributed by atoms with Crippen LogP contribution in [0.5, 0.6) is 0 Å². The maximum Gasteiger partial charge on any atom is 0.273 e. The fourth-order valence-electron chi connectivity index (χ4n) is 3.12. The minimum atomic E-state index is -0.300. The minimum Gasteiger partial charge on any atom is -0.461 e. The van der Waals surface area contributed by atoms with Gasteiger partial charge >= 0.3 is 0 Å². The van der Waals surface area contributed by atoms with Gasteiger partial charge in [-0.25, -0.2) is 4.68 Å². The molecule has 4 rings (SSSR count). The van der Waals surface area contributed by atoms with Gasteiger partial charge in [-0.05, 0) is 37.8 Å². The van der Waals surface area contributed by atoms with Gasteiger partial charge in [0.25, 0.3) is 5.91 Å². The molecule has 136 valence electrons. The minimum absolute atomic E-state index is 0.230. The fraction of sp³-hybridized carbons (Fsp3) is 0.412. The Morgan fingerprint density at radius 3 is 2.92 bits per heavy atom. The molecule has 1 saturated carbocycles. The van der Waals surface area contributed by atoms with E-state index in [0.29, 0.717) is 17.2 Å². The molecule has 3 heterocycles. The van der Waals surface area contributed by atoms with Crippen molar-refractivity contribution in [3.8, 4) is 11.5 Å². The van der Waals surface area contributed by atoms with E-state index in [1.807, 2.05) is 0 Å². The first-order chi connectivity index (χ1) is 12.7. The van der Waals surface area contributed by atoms with Crippen LogP contribution in [0.3, 0.4) is 0 Å². The van der Waals surface area contributed by atoms with Crippen LogP contribution in [0.1, 0.15) is 47.9 Å². The molecule has 0 aromatic carbocycles. The zero-order chi connectivity index (χ0) is 17.9. The van der Waals surface area contributed by atoms with Gasteiger partial charge in [0.2, 0.25) is 5.76 Å². The highest BCUT2D eigenvalue weighted by Crippen LogP contribution is 2.26. The SMILES string of the molecule is NC1CCC(n2cc(C(=O)NCc3cc(-c4ccco4)on3)nn2)CC1. The first-order valence-electron chi connectivity index (χ1n) is 8.64. The summed E-state index contributed by atoms with van der Waals surface area (Å²) >= 11 is 0. The average molecular weight is 356 g/mol. The van der Waals surface area contributed by atoms with Gasteiger partial charge in [-0.15, -0.1) is 5.10 Å². The zero-order valence-electron chi connectivity index (χ0n) is 14.2. The average Bonchev–Trinajstić information content (AvgIpc) is 3.41. The number of nitrogens with two attached hydrogens (primary N) is 1. The molecule has 3 aromatic heterocycles. The smallest absolute Gasteiger partial charge is 0.273 e. The van der Waals surface area contributed by atoms with E-state index in [0.717, 1.165) is 25.7 Å². The van der Waals surface area contributed by atoms with Crippen molar-refractivity contribution in [2.24, 2.45) is 5.73 Å². The van der Waals surface area contributed by atoms with Crippen LogP contribution in [0.15, 0.2) is 39.6 Å². The number of nitrogens with one attached hydrogen (secondary N) is 1. The number of hydrogen-bond donors (Lipinski definition) is 2. The summed E-state index contributed by atoms with van der Waals surface area (Å²) in [5.41, 5.74) is 6.81. The molecule has 9 nitrogen and oxygen atoms in total. The number of amides is 1. The fourth-order valence-corrected chi connectivity index (χ4v) is 3.12. The Hall–Kier alpha value is -2.94. The summed E-state index contributed by atoms with van der Waals surface area (Å²) < 4.78 is 12.2. The molecule has 0 aliphatic heterocycles. The molecule has 1 aliphatic carbocycles. The molecule has 1 amide bonds. The van der Waals surface area contributed by atoms with Crippen LogP contribution in [0.2, 0.25) is 0 Å². The van der Waals surface area contributed by atoms with E-state index < -0.39 is 0 Å². The highest BCUT2D eigenvalue weighted by molar-refractivity contribution is 5.91. The van der Waals surface area contributed by atoms with Crippen LogP contribution in [-0.2, 0) is 6.54 Å². The molecule has 0 unspecified atom stereocenters. The molecular formula is C17H20N6O3. The second-order valence-corrected chi connectivity index (χ2v) is 6.49. The van der Waals surface area contributed by atoms with Crippen LogP contribution in [0.25, 0.3) is 11.5 Å². The molecule has 0 atom stereocenters. The maximum atomic E-state index is 12.3. The van der Waals surface area contributed by atoms with Crippen LogP contribution in [0, 0.1) is 0 Å². The van der Waals surface area contributed by atoms with Gasteiger partial charge in [-0.2, -0.15) is 0 Å². The molecule has 0 radical (unpaired) electrons. The Morgan fingerprint density at radius 1 is 1.31 bits per heavy atom. The van der Waals surface area contributed by atoms with Crippen molar-refractivity contribution >= 4 is 5.91 Å². The zero-order valence-corrected chi connectivity index (χ0v) is 14.2.